The van der Waals surface area contributed by atoms with Gasteiger partial charge in [0.05, 0.1) is 15.6 Å². The first kappa shape index (κ1) is 29.4. The van der Waals surface area contributed by atoms with Crippen molar-refractivity contribution in [1.82, 2.24) is 10.2 Å². The average Bonchev–Trinajstić information content (AvgIpc) is 2.90. The van der Waals surface area contributed by atoms with Crippen LogP contribution in [0.4, 0.5) is 10.1 Å². The van der Waals surface area contributed by atoms with E-state index < -0.39 is 40.2 Å². The molecule has 0 radical (unpaired) electrons. The Hall–Kier alpha value is -3.14. The molecule has 7 nitrogen and oxygen atoms in total. The lowest BCUT2D eigenvalue weighted by molar-refractivity contribution is -0.139. The molecule has 202 valence electrons. The fourth-order valence-electron chi connectivity index (χ4n) is 3.68. The van der Waals surface area contributed by atoms with Crippen LogP contribution in [0, 0.1) is 5.82 Å². The van der Waals surface area contributed by atoms with Gasteiger partial charge in [-0.05, 0) is 61.4 Å². The molecule has 1 atom stereocenters. The highest BCUT2D eigenvalue weighted by atomic mass is 35.5. The predicted octanol–water partition coefficient (Wildman–Crippen LogP) is 5.27. The minimum atomic E-state index is -4.25. The monoisotopic (exact) mass is 579 g/mol. The van der Waals surface area contributed by atoms with E-state index in [1.54, 1.807) is 25.1 Å². The highest BCUT2D eigenvalue weighted by Gasteiger charge is 2.33. The summed E-state index contributed by atoms with van der Waals surface area (Å²) in [6.07, 6.45) is 0.697. The van der Waals surface area contributed by atoms with Crippen molar-refractivity contribution >= 4 is 50.7 Å². The third kappa shape index (κ3) is 7.24. The number of hydrogen-bond acceptors (Lipinski definition) is 4. The standard InChI is InChI=1S/C27H28Cl2FN3O4S/c1-3-15-31-27(35)19(2)32(17-20-9-12-22(30)13-10-20)26(34)18-33(25-14-11-21(28)16-24(25)29)38(36,37)23-7-5-4-6-8-23/h4-14,16,19H,3,15,17-18H2,1-2H3,(H,31,35). The average molecular weight is 581 g/mol. The smallest absolute Gasteiger partial charge is 0.264 e. The fourth-order valence-corrected chi connectivity index (χ4v) is 5.70. The number of benzene rings is 3. The van der Waals surface area contributed by atoms with Crippen LogP contribution in [0.15, 0.2) is 77.7 Å². The molecule has 3 rings (SSSR count). The van der Waals surface area contributed by atoms with Crippen LogP contribution in [0.25, 0.3) is 0 Å². The summed E-state index contributed by atoms with van der Waals surface area (Å²) in [6.45, 7) is 3.17. The lowest BCUT2D eigenvalue weighted by atomic mass is 10.1. The molecule has 38 heavy (non-hydrogen) atoms. The first-order valence-corrected chi connectivity index (χ1v) is 14.1. The zero-order chi connectivity index (χ0) is 27.9. The van der Waals surface area contributed by atoms with Crippen molar-refractivity contribution in [2.24, 2.45) is 0 Å². The second-order valence-electron chi connectivity index (χ2n) is 8.54. The van der Waals surface area contributed by atoms with Gasteiger partial charge in [-0.15, -0.1) is 0 Å². The van der Waals surface area contributed by atoms with E-state index in [1.165, 1.54) is 59.5 Å². The van der Waals surface area contributed by atoms with Crippen LogP contribution >= 0.6 is 23.2 Å². The maximum atomic E-state index is 13.8. The summed E-state index contributed by atoms with van der Waals surface area (Å²) in [5.74, 6) is -1.50. The maximum Gasteiger partial charge on any atom is 0.264 e. The van der Waals surface area contributed by atoms with Gasteiger partial charge in [0.2, 0.25) is 11.8 Å². The van der Waals surface area contributed by atoms with Gasteiger partial charge >= 0.3 is 0 Å². The number of halogens is 3. The summed E-state index contributed by atoms with van der Waals surface area (Å²) in [7, 11) is -4.25. The Balaban J connectivity index is 2.03. The molecule has 0 bridgehead atoms. The molecule has 0 saturated carbocycles. The van der Waals surface area contributed by atoms with Crippen LogP contribution in [-0.4, -0.2) is 44.3 Å². The molecular formula is C27H28Cl2FN3O4S. The second-order valence-corrected chi connectivity index (χ2v) is 11.2. The van der Waals surface area contributed by atoms with E-state index in [0.717, 1.165) is 4.31 Å². The quantitative estimate of drug-likeness (QED) is 0.335. The number of amides is 2. The van der Waals surface area contributed by atoms with Gasteiger partial charge in [-0.1, -0.05) is 60.5 Å². The van der Waals surface area contributed by atoms with Crippen molar-refractivity contribution in [1.29, 1.82) is 0 Å². The summed E-state index contributed by atoms with van der Waals surface area (Å²) >= 11 is 12.4. The number of hydrogen-bond donors (Lipinski definition) is 1. The number of anilines is 1. The molecule has 0 spiro atoms. The minimum absolute atomic E-state index is 0.0311. The van der Waals surface area contributed by atoms with Gasteiger partial charge < -0.3 is 10.2 Å². The largest absolute Gasteiger partial charge is 0.354 e. The van der Waals surface area contributed by atoms with E-state index in [4.69, 9.17) is 23.2 Å². The Labute approximate surface area is 232 Å². The van der Waals surface area contributed by atoms with Crippen LogP contribution in [0.5, 0.6) is 0 Å². The van der Waals surface area contributed by atoms with E-state index in [-0.39, 0.29) is 22.2 Å². The van der Waals surface area contributed by atoms with Gasteiger partial charge in [-0.25, -0.2) is 12.8 Å². The number of carbonyl (C=O) groups excluding carboxylic acids is 2. The van der Waals surface area contributed by atoms with E-state index in [1.807, 2.05) is 6.92 Å². The molecule has 1 unspecified atom stereocenters. The lowest BCUT2D eigenvalue weighted by Crippen LogP contribution is -2.51. The molecule has 0 aliphatic rings. The third-order valence-electron chi connectivity index (χ3n) is 5.77. The molecule has 3 aromatic rings. The van der Waals surface area contributed by atoms with Crippen LogP contribution in [0.2, 0.25) is 10.0 Å². The molecule has 11 heteroatoms. The van der Waals surface area contributed by atoms with E-state index in [2.05, 4.69) is 5.32 Å². The summed E-state index contributed by atoms with van der Waals surface area (Å²) < 4.78 is 41.8. The molecule has 1 N–H and O–H groups in total. The van der Waals surface area contributed by atoms with Gasteiger partial charge in [0, 0.05) is 18.1 Å². The maximum absolute atomic E-state index is 13.8. The van der Waals surface area contributed by atoms with Gasteiger partial charge in [0.15, 0.2) is 0 Å². The summed E-state index contributed by atoms with van der Waals surface area (Å²) in [5.41, 5.74) is 0.620. The van der Waals surface area contributed by atoms with Crippen molar-refractivity contribution < 1.29 is 22.4 Å². The molecule has 0 saturated heterocycles. The van der Waals surface area contributed by atoms with E-state index in [9.17, 15) is 22.4 Å². The van der Waals surface area contributed by atoms with Gasteiger partial charge in [-0.2, -0.15) is 0 Å². The van der Waals surface area contributed by atoms with Gasteiger partial charge in [0.25, 0.3) is 10.0 Å². The Bertz CT molecular complexity index is 1370. The highest BCUT2D eigenvalue weighted by Crippen LogP contribution is 2.33. The lowest BCUT2D eigenvalue weighted by Gasteiger charge is -2.32. The number of rotatable bonds is 11. The molecule has 0 aromatic heterocycles. The van der Waals surface area contributed by atoms with Gasteiger partial charge in [0.1, 0.15) is 18.4 Å². The third-order valence-corrected chi connectivity index (χ3v) is 8.08. The molecule has 0 fully saturated rings. The first-order valence-electron chi connectivity index (χ1n) is 11.9. The summed E-state index contributed by atoms with van der Waals surface area (Å²) in [5, 5.41) is 3.08. The SMILES string of the molecule is CCCNC(=O)C(C)N(Cc1ccc(F)cc1)C(=O)CN(c1ccc(Cl)cc1Cl)S(=O)(=O)c1ccccc1. The Kier molecular flexibility index (Phi) is 10.1. The van der Waals surface area contributed by atoms with Crippen molar-refractivity contribution in [3.05, 3.63) is 94.2 Å². The topological polar surface area (TPSA) is 86.8 Å². The highest BCUT2D eigenvalue weighted by molar-refractivity contribution is 7.92. The first-order chi connectivity index (χ1) is 18.0. The molecule has 0 aliphatic carbocycles. The predicted molar refractivity (Wildman–Crippen MR) is 147 cm³/mol. The Morgan fingerprint density at radius 2 is 1.66 bits per heavy atom. The number of nitrogens with one attached hydrogen (secondary N) is 1. The zero-order valence-electron chi connectivity index (χ0n) is 20.9. The summed E-state index contributed by atoms with van der Waals surface area (Å²) in [6, 6.07) is 16.5. The summed E-state index contributed by atoms with van der Waals surface area (Å²) in [4.78, 5) is 27.8. The minimum Gasteiger partial charge on any atom is -0.354 e. The van der Waals surface area contributed by atoms with Crippen molar-refractivity contribution in [2.75, 3.05) is 17.4 Å². The molecule has 3 aromatic carbocycles. The number of carbonyl (C=O) groups is 2. The fraction of sp³-hybridized carbons (Fsp3) is 0.259. The number of nitrogens with zero attached hydrogens (tertiary/aromatic N) is 2. The normalized spacial score (nSPS) is 12.0. The number of sulfonamides is 1. The molecule has 0 heterocycles. The van der Waals surface area contributed by atoms with Crippen LogP contribution in [0.1, 0.15) is 25.8 Å². The van der Waals surface area contributed by atoms with Crippen LogP contribution in [0.3, 0.4) is 0 Å². The second kappa shape index (κ2) is 13.1. The van der Waals surface area contributed by atoms with Crippen molar-refractivity contribution in [3.63, 3.8) is 0 Å². The van der Waals surface area contributed by atoms with Crippen molar-refractivity contribution in [2.45, 2.75) is 37.8 Å². The molecule has 2 amide bonds. The molecular weight excluding hydrogens is 552 g/mol. The Morgan fingerprint density at radius 3 is 2.26 bits per heavy atom. The zero-order valence-corrected chi connectivity index (χ0v) is 23.2. The van der Waals surface area contributed by atoms with Crippen molar-refractivity contribution in [3.8, 4) is 0 Å². The van der Waals surface area contributed by atoms with Crippen LogP contribution in [-0.2, 0) is 26.2 Å². The Morgan fingerprint density at radius 1 is 1.00 bits per heavy atom. The van der Waals surface area contributed by atoms with E-state index >= 15 is 0 Å². The van der Waals surface area contributed by atoms with Crippen LogP contribution < -0.4 is 9.62 Å². The van der Waals surface area contributed by atoms with E-state index in [0.29, 0.717) is 23.6 Å². The molecule has 0 aliphatic heterocycles. The van der Waals surface area contributed by atoms with Gasteiger partial charge in [-0.3, -0.25) is 13.9 Å².